The number of rotatable bonds is 6. The number of amides is 1. The molecule has 0 saturated carbocycles. The van der Waals surface area contributed by atoms with Crippen molar-refractivity contribution in [2.24, 2.45) is 0 Å². The van der Waals surface area contributed by atoms with E-state index in [9.17, 15) is 18.0 Å². The Balaban J connectivity index is 3.14. The summed E-state index contributed by atoms with van der Waals surface area (Å²) in [5, 5.41) is 8.35. The Morgan fingerprint density at radius 1 is 1.45 bits per heavy atom. The van der Waals surface area contributed by atoms with Crippen molar-refractivity contribution < 1.29 is 27.5 Å². The van der Waals surface area contributed by atoms with Gasteiger partial charge in [-0.3, -0.25) is 9.59 Å². The van der Waals surface area contributed by atoms with E-state index >= 15 is 0 Å². The minimum Gasteiger partial charge on any atom is -0.480 e. The fourth-order valence-corrected chi connectivity index (χ4v) is 2.27. The number of likely N-dealkylation sites (N-methyl/N-ethyl adjacent to an activating group) is 1. The summed E-state index contributed by atoms with van der Waals surface area (Å²) >= 11 is 0. The first-order valence-corrected chi connectivity index (χ1v) is 7.26. The first-order valence-electron chi connectivity index (χ1n) is 5.78. The van der Waals surface area contributed by atoms with Crippen LogP contribution in [0.1, 0.15) is 23.0 Å². The minimum absolute atomic E-state index is 0.0296. The van der Waals surface area contributed by atoms with Crippen LogP contribution in [0.4, 0.5) is 0 Å². The molecule has 1 aromatic heterocycles. The Bertz CT molecular complexity index is 619. The van der Waals surface area contributed by atoms with Gasteiger partial charge in [0.25, 0.3) is 15.9 Å². The molecule has 0 aliphatic heterocycles. The maximum atomic E-state index is 12.1. The molecule has 0 bridgehead atoms. The van der Waals surface area contributed by atoms with Crippen molar-refractivity contribution in [3.63, 3.8) is 0 Å². The molecule has 0 saturated heterocycles. The molecule has 9 heteroatoms. The Labute approximate surface area is 116 Å². The molecule has 112 valence electrons. The van der Waals surface area contributed by atoms with Gasteiger partial charge in [0.15, 0.2) is 0 Å². The molecule has 0 fully saturated rings. The topological polar surface area (TPSA) is 117 Å². The lowest BCUT2D eigenvalue weighted by Gasteiger charge is -2.17. The predicted molar refractivity (Wildman–Crippen MR) is 68.9 cm³/mol. The summed E-state index contributed by atoms with van der Waals surface area (Å²) in [5.41, 5.74) is 0.0296. The number of aryl methyl sites for hydroxylation is 1. The highest BCUT2D eigenvalue weighted by molar-refractivity contribution is 7.89. The van der Waals surface area contributed by atoms with Gasteiger partial charge in [-0.2, -0.15) is 0 Å². The highest BCUT2D eigenvalue weighted by atomic mass is 32.2. The summed E-state index contributed by atoms with van der Waals surface area (Å²) in [5.74, 6) is -1.62. The number of sulfonamides is 1. The third kappa shape index (κ3) is 3.36. The van der Waals surface area contributed by atoms with Crippen LogP contribution in [0.25, 0.3) is 0 Å². The average molecular weight is 304 g/mol. The van der Waals surface area contributed by atoms with Gasteiger partial charge in [0.2, 0.25) is 5.09 Å². The van der Waals surface area contributed by atoms with Crippen LogP contribution in [-0.2, 0) is 14.8 Å². The van der Waals surface area contributed by atoms with Crippen molar-refractivity contribution in [3.05, 3.63) is 17.4 Å². The highest BCUT2D eigenvalue weighted by Crippen LogP contribution is 2.20. The first kappa shape index (κ1) is 16.2. The number of hydrogen-bond acceptors (Lipinski definition) is 5. The lowest BCUT2D eigenvalue weighted by molar-refractivity contribution is -0.137. The van der Waals surface area contributed by atoms with E-state index in [1.165, 1.54) is 14.0 Å². The molecule has 20 heavy (non-hydrogen) atoms. The van der Waals surface area contributed by atoms with Crippen molar-refractivity contribution in [2.45, 2.75) is 18.9 Å². The molecule has 8 nitrogen and oxygen atoms in total. The number of nitrogens with zero attached hydrogens (tertiary/aromatic N) is 1. The van der Waals surface area contributed by atoms with E-state index in [-0.39, 0.29) is 23.0 Å². The average Bonchev–Trinajstić information content (AvgIpc) is 2.77. The quantitative estimate of drug-likeness (QED) is 0.766. The van der Waals surface area contributed by atoms with Crippen LogP contribution >= 0.6 is 0 Å². The Kier molecular flexibility index (Phi) is 4.90. The molecule has 0 spiro atoms. The van der Waals surface area contributed by atoms with E-state index in [2.05, 4.69) is 4.72 Å². The molecule has 0 unspecified atom stereocenters. The zero-order valence-corrected chi connectivity index (χ0v) is 12.2. The molecule has 0 aliphatic carbocycles. The van der Waals surface area contributed by atoms with Crippen LogP contribution in [0.5, 0.6) is 0 Å². The molecular formula is C11H16N2O6S. The number of furan rings is 1. The number of carboxylic acid groups (broad SMARTS) is 1. The molecule has 0 atom stereocenters. The Morgan fingerprint density at radius 3 is 2.50 bits per heavy atom. The van der Waals surface area contributed by atoms with E-state index in [0.717, 1.165) is 11.0 Å². The minimum atomic E-state index is -3.79. The van der Waals surface area contributed by atoms with Crippen molar-refractivity contribution in [1.29, 1.82) is 0 Å². The van der Waals surface area contributed by atoms with Gasteiger partial charge in [-0.1, -0.05) is 0 Å². The second-order valence-corrected chi connectivity index (χ2v) is 5.77. The van der Waals surface area contributed by atoms with Crippen LogP contribution in [0.2, 0.25) is 0 Å². The second-order valence-electron chi connectivity index (χ2n) is 3.96. The van der Waals surface area contributed by atoms with Gasteiger partial charge < -0.3 is 14.4 Å². The molecule has 0 aliphatic rings. The third-order valence-corrected chi connectivity index (χ3v) is 3.92. The van der Waals surface area contributed by atoms with Crippen molar-refractivity contribution in [1.82, 2.24) is 9.62 Å². The van der Waals surface area contributed by atoms with E-state index < -0.39 is 28.4 Å². The smallest absolute Gasteiger partial charge is 0.323 e. The summed E-state index contributed by atoms with van der Waals surface area (Å²) in [7, 11) is -2.57. The molecule has 1 aromatic rings. The normalized spacial score (nSPS) is 11.3. The van der Waals surface area contributed by atoms with Gasteiger partial charge in [0, 0.05) is 12.6 Å². The van der Waals surface area contributed by atoms with E-state index in [1.807, 2.05) is 0 Å². The number of aliphatic carboxylic acids is 1. The number of carboxylic acids is 1. The number of hydrogen-bond donors (Lipinski definition) is 2. The maximum absolute atomic E-state index is 12.1. The van der Waals surface area contributed by atoms with Crippen LogP contribution < -0.4 is 4.72 Å². The monoisotopic (exact) mass is 304 g/mol. The van der Waals surface area contributed by atoms with E-state index in [0.29, 0.717) is 0 Å². The zero-order valence-electron chi connectivity index (χ0n) is 11.3. The lowest BCUT2D eigenvalue weighted by atomic mass is 10.2. The standard InChI is InChI=1S/C11H16N2O6S/c1-4-13(6-9(14)15)11(16)8-5-10(19-7(8)2)20(17,18)12-3/h5,12H,4,6H2,1-3H3,(H,14,15). The molecule has 0 aromatic carbocycles. The third-order valence-electron chi connectivity index (χ3n) is 2.65. The van der Waals surface area contributed by atoms with E-state index in [1.54, 1.807) is 6.92 Å². The number of carbonyl (C=O) groups is 2. The maximum Gasteiger partial charge on any atom is 0.323 e. The summed E-state index contributed by atoms with van der Waals surface area (Å²) in [6.45, 7) is 2.79. The number of carbonyl (C=O) groups excluding carboxylic acids is 1. The lowest BCUT2D eigenvalue weighted by Crippen LogP contribution is -2.35. The molecule has 1 amide bonds. The second kappa shape index (κ2) is 6.06. The van der Waals surface area contributed by atoms with Gasteiger partial charge in [0.1, 0.15) is 12.3 Å². The fraction of sp³-hybridized carbons (Fsp3) is 0.455. The van der Waals surface area contributed by atoms with Crippen LogP contribution in [0.15, 0.2) is 15.6 Å². The van der Waals surface area contributed by atoms with Gasteiger partial charge in [-0.15, -0.1) is 0 Å². The van der Waals surface area contributed by atoms with Gasteiger partial charge >= 0.3 is 5.97 Å². The molecule has 1 heterocycles. The van der Waals surface area contributed by atoms with Crippen LogP contribution in [-0.4, -0.2) is 50.4 Å². The van der Waals surface area contributed by atoms with Crippen molar-refractivity contribution >= 4 is 21.9 Å². The van der Waals surface area contributed by atoms with Gasteiger partial charge in [-0.05, 0) is 20.9 Å². The Morgan fingerprint density at radius 2 is 2.05 bits per heavy atom. The summed E-state index contributed by atoms with van der Waals surface area (Å²) in [6.07, 6.45) is 0. The first-order chi connectivity index (χ1) is 9.22. The summed E-state index contributed by atoms with van der Waals surface area (Å²) < 4.78 is 30.3. The van der Waals surface area contributed by atoms with Crippen LogP contribution in [0, 0.1) is 6.92 Å². The largest absolute Gasteiger partial charge is 0.480 e. The summed E-state index contributed by atoms with van der Waals surface area (Å²) in [6, 6.07) is 1.09. The molecule has 1 rings (SSSR count). The molecular weight excluding hydrogens is 288 g/mol. The Hall–Kier alpha value is -1.87. The van der Waals surface area contributed by atoms with Gasteiger partial charge in [-0.25, -0.2) is 13.1 Å². The molecule has 2 N–H and O–H groups in total. The highest BCUT2D eigenvalue weighted by Gasteiger charge is 2.25. The SMILES string of the molecule is CCN(CC(=O)O)C(=O)c1cc(S(=O)(=O)NC)oc1C. The zero-order chi connectivity index (χ0) is 15.5. The predicted octanol–water partition coefficient (Wildman–Crippen LogP) is 0.0428. The molecule has 0 radical (unpaired) electrons. The van der Waals surface area contributed by atoms with E-state index in [4.69, 9.17) is 9.52 Å². The van der Waals surface area contributed by atoms with Crippen LogP contribution in [0.3, 0.4) is 0 Å². The van der Waals surface area contributed by atoms with Crippen molar-refractivity contribution in [3.8, 4) is 0 Å². The summed E-state index contributed by atoms with van der Waals surface area (Å²) in [4.78, 5) is 23.9. The van der Waals surface area contributed by atoms with Gasteiger partial charge in [0.05, 0.1) is 5.56 Å². The fourth-order valence-electron chi connectivity index (χ4n) is 1.56. The number of nitrogens with one attached hydrogen (secondary N) is 1. The van der Waals surface area contributed by atoms with Crippen molar-refractivity contribution in [2.75, 3.05) is 20.1 Å².